The molecular formula is C26H19NO3. The quantitative estimate of drug-likeness (QED) is 0.396. The van der Waals surface area contributed by atoms with Gasteiger partial charge in [0.2, 0.25) is 0 Å². The van der Waals surface area contributed by atoms with Gasteiger partial charge < -0.3 is 9.47 Å². The fourth-order valence-corrected chi connectivity index (χ4v) is 3.90. The molecule has 3 aromatic carbocycles. The van der Waals surface area contributed by atoms with Crippen LogP contribution in [0.15, 0.2) is 78.9 Å². The zero-order valence-electron chi connectivity index (χ0n) is 16.7. The first-order valence-corrected chi connectivity index (χ1v) is 9.67. The van der Waals surface area contributed by atoms with Gasteiger partial charge in [0.05, 0.1) is 31.2 Å². The molecule has 0 fully saturated rings. The van der Waals surface area contributed by atoms with Crippen molar-refractivity contribution in [2.45, 2.75) is 0 Å². The molecule has 1 aliphatic rings. The molecule has 0 saturated carbocycles. The predicted octanol–water partition coefficient (Wildman–Crippen LogP) is 5.64. The molecule has 0 unspecified atom stereocenters. The number of carbonyl (C=O) groups excluding carboxylic acids is 1. The van der Waals surface area contributed by atoms with Crippen molar-refractivity contribution >= 4 is 5.78 Å². The van der Waals surface area contributed by atoms with E-state index >= 15 is 0 Å². The molecule has 0 radical (unpaired) electrons. The largest absolute Gasteiger partial charge is 0.497 e. The first-order valence-electron chi connectivity index (χ1n) is 9.67. The fraction of sp³-hybridized carbons (Fsp3) is 0.0769. The van der Waals surface area contributed by atoms with Crippen LogP contribution in [-0.4, -0.2) is 25.0 Å². The Morgan fingerprint density at radius 3 is 1.83 bits per heavy atom. The van der Waals surface area contributed by atoms with E-state index in [9.17, 15) is 4.79 Å². The molecule has 0 bridgehead atoms. The molecule has 0 N–H and O–H groups in total. The van der Waals surface area contributed by atoms with E-state index in [1.807, 2.05) is 78.9 Å². The van der Waals surface area contributed by atoms with Gasteiger partial charge in [-0.15, -0.1) is 0 Å². The number of methoxy groups -OCH3 is 2. The molecule has 4 heteroatoms. The van der Waals surface area contributed by atoms with Crippen LogP contribution in [0.25, 0.3) is 33.6 Å². The monoisotopic (exact) mass is 393 g/mol. The highest BCUT2D eigenvalue weighted by atomic mass is 16.5. The van der Waals surface area contributed by atoms with Crippen molar-refractivity contribution in [2.75, 3.05) is 14.2 Å². The van der Waals surface area contributed by atoms with Crippen LogP contribution >= 0.6 is 0 Å². The fourth-order valence-electron chi connectivity index (χ4n) is 3.90. The Morgan fingerprint density at radius 1 is 0.667 bits per heavy atom. The summed E-state index contributed by atoms with van der Waals surface area (Å²) in [7, 11) is 3.29. The van der Waals surface area contributed by atoms with Gasteiger partial charge in [-0.2, -0.15) is 0 Å². The SMILES string of the molecule is COc1ccc(-c2cc(-c3ccc(OC)cc3)c3c(n2)-c2ccccc2C3=O)cc1. The van der Waals surface area contributed by atoms with Crippen LogP contribution in [0, 0.1) is 0 Å². The van der Waals surface area contributed by atoms with Gasteiger partial charge in [0.25, 0.3) is 0 Å². The minimum absolute atomic E-state index is 0.0141. The predicted molar refractivity (Wildman–Crippen MR) is 117 cm³/mol. The molecule has 1 aliphatic carbocycles. The summed E-state index contributed by atoms with van der Waals surface area (Å²) in [5.41, 5.74) is 6.55. The Kier molecular flexibility index (Phi) is 4.32. The zero-order chi connectivity index (χ0) is 20.7. The molecule has 1 heterocycles. The topological polar surface area (TPSA) is 48.4 Å². The number of hydrogen-bond donors (Lipinski definition) is 0. The Morgan fingerprint density at radius 2 is 1.23 bits per heavy atom. The number of aromatic nitrogens is 1. The number of ether oxygens (including phenoxy) is 2. The van der Waals surface area contributed by atoms with Crippen LogP contribution in [0.4, 0.5) is 0 Å². The van der Waals surface area contributed by atoms with Crippen LogP contribution in [-0.2, 0) is 0 Å². The number of carbonyl (C=O) groups is 1. The van der Waals surface area contributed by atoms with E-state index in [0.29, 0.717) is 11.1 Å². The van der Waals surface area contributed by atoms with Gasteiger partial charge >= 0.3 is 0 Å². The zero-order valence-corrected chi connectivity index (χ0v) is 16.7. The summed E-state index contributed by atoms with van der Waals surface area (Å²) in [5, 5.41) is 0. The second-order valence-electron chi connectivity index (χ2n) is 7.11. The lowest BCUT2D eigenvalue weighted by atomic mass is 9.95. The first kappa shape index (κ1) is 18.1. The van der Waals surface area contributed by atoms with E-state index in [1.54, 1.807) is 14.2 Å². The summed E-state index contributed by atoms with van der Waals surface area (Å²) in [4.78, 5) is 18.2. The molecule has 1 aromatic heterocycles. The van der Waals surface area contributed by atoms with E-state index in [2.05, 4.69) is 0 Å². The maximum Gasteiger partial charge on any atom is 0.196 e. The third-order valence-electron chi connectivity index (χ3n) is 5.46. The second kappa shape index (κ2) is 7.16. The van der Waals surface area contributed by atoms with Crippen molar-refractivity contribution < 1.29 is 14.3 Å². The number of pyridine rings is 1. The summed E-state index contributed by atoms with van der Waals surface area (Å²) in [6.07, 6.45) is 0. The highest BCUT2D eigenvalue weighted by Crippen LogP contribution is 2.42. The Labute approximate surface area is 174 Å². The standard InChI is InChI=1S/C26H19NO3/c1-29-18-11-7-16(8-12-18)22-15-23(17-9-13-19(30-2)14-10-17)27-25-20-5-3-4-6-21(20)26(28)24(22)25/h3-15H,1-2H3. The van der Waals surface area contributed by atoms with E-state index in [0.717, 1.165) is 45.1 Å². The summed E-state index contributed by atoms with van der Waals surface area (Å²) in [6.45, 7) is 0. The molecule has 4 aromatic rings. The molecule has 0 spiro atoms. The van der Waals surface area contributed by atoms with Gasteiger partial charge in [-0.1, -0.05) is 36.4 Å². The number of rotatable bonds is 4. The average Bonchev–Trinajstić information content (AvgIpc) is 3.11. The third-order valence-corrected chi connectivity index (χ3v) is 5.46. The molecule has 0 saturated heterocycles. The Bertz CT molecular complexity index is 1260. The van der Waals surface area contributed by atoms with Crippen LogP contribution in [0.3, 0.4) is 0 Å². The van der Waals surface area contributed by atoms with Crippen molar-refractivity contribution in [2.24, 2.45) is 0 Å². The molecule has 30 heavy (non-hydrogen) atoms. The van der Waals surface area contributed by atoms with Crippen LogP contribution < -0.4 is 9.47 Å². The summed E-state index contributed by atoms with van der Waals surface area (Å²) >= 11 is 0. The van der Waals surface area contributed by atoms with Gasteiger partial charge in [-0.3, -0.25) is 4.79 Å². The van der Waals surface area contributed by atoms with E-state index in [4.69, 9.17) is 14.5 Å². The van der Waals surface area contributed by atoms with E-state index in [-0.39, 0.29) is 5.78 Å². The van der Waals surface area contributed by atoms with E-state index in [1.165, 1.54) is 0 Å². The number of benzene rings is 3. The molecule has 0 atom stereocenters. The Hall–Kier alpha value is -3.92. The van der Waals surface area contributed by atoms with Gasteiger partial charge in [0, 0.05) is 16.7 Å². The van der Waals surface area contributed by atoms with Crippen LogP contribution in [0.1, 0.15) is 15.9 Å². The molecule has 0 amide bonds. The number of ketones is 1. The molecule has 0 aliphatic heterocycles. The highest BCUT2D eigenvalue weighted by Gasteiger charge is 2.31. The molecular weight excluding hydrogens is 374 g/mol. The maximum atomic E-state index is 13.3. The lowest BCUT2D eigenvalue weighted by Gasteiger charge is -2.12. The smallest absolute Gasteiger partial charge is 0.196 e. The van der Waals surface area contributed by atoms with Gasteiger partial charge in [0.1, 0.15) is 11.5 Å². The van der Waals surface area contributed by atoms with Crippen LogP contribution in [0.5, 0.6) is 11.5 Å². The molecule has 146 valence electrons. The molecule has 4 nitrogen and oxygen atoms in total. The van der Waals surface area contributed by atoms with Crippen LogP contribution in [0.2, 0.25) is 0 Å². The lowest BCUT2D eigenvalue weighted by molar-refractivity contribution is 0.104. The van der Waals surface area contributed by atoms with Crippen molar-refractivity contribution in [1.82, 2.24) is 4.98 Å². The van der Waals surface area contributed by atoms with Gasteiger partial charge in [-0.05, 0) is 53.6 Å². The number of fused-ring (bicyclic) bond motifs is 3. The summed E-state index contributed by atoms with van der Waals surface area (Å²) < 4.78 is 10.6. The summed E-state index contributed by atoms with van der Waals surface area (Å²) in [6, 6.07) is 25.2. The minimum Gasteiger partial charge on any atom is -0.497 e. The number of hydrogen-bond acceptors (Lipinski definition) is 4. The highest BCUT2D eigenvalue weighted by molar-refractivity contribution is 6.24. The van der Waals surface area contributed by atoms with Crippen molar-refractivity contribution in [3.05, 3.63) is 90.0 Å². The maximum absolute atomic E-state index is 13.3. The van der Waals surface area contributed by atoms with Gasteiger partial charge in [-0.25, -0.2) is 4.98 Å². The first-order chi connectivity index (χ1) is 14.7. The van der Waals surface area contributed by atoms with Gasteiger partial charge in [0.15, 0.2) is 5.78 Å². The summed E-state index contributed by atoms with van der Waals surface area (Å²) in [5.74, 6) is 1.57. The van der Waals surface area contributed by atoms with E-state index < -0.39 is 0 Å². The second-order valence-corrected chi connectivity index (χ2v) is 7.11. The minimum atomic E-state index is 0.0141. The third kappa shape index (κ3) is 2.85. The van der Waals surface area contributed by atoms with Crippen molar-refractivity contribution in [3.8, 4) is 45.1 Å². The average molecular weight is 393 g/mol. The normalized spacial score (nSPS) is 11.7. The lowest BCUT2D eigenvalue weighted by Crippen LogP contribution is -2.00. The number of nitrogens with zero attached hydrogens (tertiary/aromatic N) is 1. The van der Waals surface area contributed by atoms with Crippen molar-refractivity contribution in [3.63, 3.8) is 0 Å². The Balaban J connectivity index is 1.75. The van der Waals surface area contributed by atoms with Crippen molar-refractivity contribution in [1.29, 1.82) is 0 Å². The molecule has 5 rings (SSSR count).